The van der Waals surface area contributed by atoms with Crippen LogP contribution in [-0.4, -0.2) is 5.97 Å². The van der Waals surface area contributed by atoms with Crippen molar-refractivity contribution in [2.24, 2.45) is 0 Å². The van der Waals surface area contributed by atoms with Gasteiger partial charge >= 0.3 is 11.6 Å². The van der Waals surface area contributed by atoms with Crippen molar-refractivity contribution in [3.63, 3.8) is 0 Å². The normalized spacial score (nSPS) is 10.8. The van der Waals surface area contributed by atoms with Gasteiger partial charge in [-0.15, -0.1) is 0 Å². The topological polar surface area (TPSA) is 65.7 Å². The van der Waals surface area contributed by atoms with Gasteiger partial charge in [-0.1, -0.05) is 18.2 Å². The van der Waals surface area contributed by atoms with Crippen molar-refractivity contribution in [2.75, 3.05) is 0 Å². The highest BCUT2D eigenvalue weighted by Crippen LogP contribution is 2.30. The molecule has 0 radical (unpaired) electrons. The zero-order valence-electron chi connectivity index (χ0n) is 11.5. The quantitative estimate of drug-likeness (QED) is 0.313. The van der Waals surface area contributed by atoms with Crippen molar-refractivity contribution >= 4 is 27.7 Å². The molecule has 0 spiro atoms. The number of carbonyl (C=O) groups excluding carboxylic acids is 1. The standard InChI is InChI=1S/C16H12O5/c1-9-14(21-20-10(2)17)8-7-12-11-5-3-4-6-13(11)16(18)19-15(9)12/h3-8H,1-2H3. The van der Waals surface area contributed by atoms with Crippen LogP contribution >= 0.6 is 0 Å². The number of rotatable bonds is 2. The molecule has 0 aliphatic heterocycles. The Kier molecular flexibility index (Phi) is 3.10. The van der Waals surface area contributed by atoms with E-state index in [4.69, 9.17) is 9.30 Å². The summed E-state index contributed by atoms with van der Waals surface area (Å²) in [6.45, 7) is 2.98. The van der Waals surface area contributed by atoms with Gasteiger partial charge in [0.25, 0.3) is 0 Å². The molecule has 21 heavy (non-hydrogen) atoms. The molecule has 0 bridgehead atoms. The molecule has 1 aromatic heterocycles. The first-order valence-electron chi connectivity index (χ1n) is 6.38. The van der Waals surface area contributed by atoms with E-state index in [2.05, 4.69) is 4.89 Å². The number of aryl methyl sites for hydroxylation is 1. The van der Waals surface area contributed by atoms with Gasteiger partial charge in [0.05, 0.1) is 5.39 Å². The second-order valence-electron chi connectivity index (χ2n) is 4.66. The van der Waals surface area contributed by atoms with Gasteiger partial charge in [-0.05, 0) is 30.5 Å². The van der Waals surface area contributed by atoms with Crippen molar-refractivity contribution in [1.82, 2.24) is 0 Å². The van der Waals surface area contributed by atoms with Crippen molar-refractivity contribution in [2.45, 2.75) is 13.8 Å². The molecule has 0 saturated heterocycles. The van der Waals surface area contributed by atoms with Crippen molar-refractivity contribution in [3.05, 3.63) is 52.4 Å². The molecule has 0 atom stereocenters. The molecule has 0 amide bonds. The Bertz CT molecular complexity index is 908. The summed E-state index contributed by atoms with van der Waals surface area (Å²) in [7, 11) is 0. The molecular formula is C16H12O5. The van der Waals surface area contributed by atoms with Gasteiger partial charge < -0.3 is 4.42 Å². The van der Waals surface area contributed by atoms with E-state index in [1.54, 1.807) is 31.2 Å². The lowest BCUT2D eigenvalue weighted by atomic mass is 10.0. The first-order chi connectivity index (χ1) is 10.1. The Hall–Kier alpha value is -2.82. The van der Waals surface area contributed by atoms with E-state index in [1.807, 2.05) is 12.1 Å². The molecular weight excluding hydrogens is 272 g/mol. The predicted molar refractivity (Wildman–Crippen MR) is 77.1 cm³/mol. The van der Waals surface area contributed by atoms with Crippen LogP contribution in [0.1, 0.15) is 12.5 Å². The summed E-state index contributed by atoms with van der Waals surface area (Å²) in [6, 6.07) is 10.7. The Labute approximate surface area is 119 Å². The van der Waals surface area contributed by atoms with Crippen LogP contribution in [0.3, 0.4) is 0 Å². The zero-order chi connectivity index (χ0) is 15.0. The lowest BCUT2D eigenvalue weighted by Gasteiger charge is -2.09. The summed E-state index contributed by atoms with van der Waals surface area (Å²) < 4.78 is 5.38. The van der Waals surface area contributed by atoms with Gasteiger partial charge in [0, 0.05) is 17.9 Å². The van der Waals surface area contributed by atoms with Crippen LogP contribution in [0, 0.1) is 6.92 Å². The maximum atomic E-state index is 12.0. The van der Waals surface area contributed by atoms with Crippen LogP contribution in [0.4, 0.5) is 0 Å². The smallest absolute Gasteiger partial charge is 0.352 e. The summed E-state index contributed by atoms with van der Waals surface area (Å²) in [6.07, 6.45) is 0. The van der Waals surface area contributed by atoms with Crippen LogP contribution < -0.4 is 10.5 Å². The summed E-state index contributed by atoms with van der Waals surface area (Å²) in [5.74, 6) is -0.231. The van der Waals surface area contributed by atoms with Gasteiger partial charge in [0.1, 0.15) is 5.58 Å². The molecule has 1 heterocycles. The number of carbonyl (C=O) groups is 1. The second kappa shape index (κ2) is 4.94. The predicted octanol–water partition coefficient (Wildman–Crippen LogP) is 3.11. The lowest BCUT2D eigenvalue weighted by molar-refractivity contribution is -0.211. The third-order valence-corrected chi connectivity index (χ3v) is 3.24. The molecule has 0 aliphatic rings. The fourth-order valence-electron chi connectivity index (χ4n) is 2.25. The van der Waals surface area contributed by atoms with E-state index < -0.39 is 11.6 Å². The minimum Gasteiger partial charge on any atom is -0.422 e. The maximum Gasteiger partial charge on any atom is 0.352 e. The van der Waals surface area contributed by atoms with Crippen molar-refractivity contribution in [1.29, 1.82) is 0 Å². The van der Waals surface area contributed by atoms with Crippen LogP contribution in [-0.2, 0) is 9.68 Å². The molecule has 0 saturated carbocycles. The van der Waals surface area contributed by atoms with Crippen LogP contribution in [0.15, 0.2) is 45.6 Å². The first-order valence-corrected chi connectivity index (χ1v) is 6.38. The highest BCUT2D eigenvalue weighted by Gasteiger charge is 2.13. The van der Waals surface area contributed by atoms with Crippen LogP contribution in [0.25, 0.3) is 21.7 Å². The van der Waals surface area contributed by atoms with E-state index in [9.17, 15) is 9.59 Å². The molecule has 0 unspecified atom stereocenters. The molecule has 3 rings (SSSR count). The van der Waals surface area contributed by atoms with E-state index in [-0.39, 0.29) is 0 Å². The Morgan fingerprint density at radius 3 is 2.48 bits per heavy atom. The minimum atomic E-state index is -0.561. The van der Waals surface area contributed by atoms with Gasteiger partial charge in [-0.3, -0.25) is 9.78 Å². The average molecular weight is 284 g/mol. The van der Waals surface area contributed by atoms with Crippen molar-refractivity contribution < 1.29 is 19.0 Å². The molecule has 106 valence electrons. The Morgan fingerprint density at radius 1 is 1.05 bits per heavy atom. The number of hydrogen-bond acceptors (Lipinski definition) is 5. The first kappa shape index (κ1) is 13.2. The van der Waals surface area contributed by atoms with Gasteiger partial charge in [0.2, 0.25) is 0 Å². The lowest BCUT2D eigenvalue weighted by Crippen LogP contribution is -2.05. The van der Waals surface area contributed by atoms with E-state index in [1.165, 1.54) is 6.92 Å². The fraction of sp³-hybridized carbons (Fsp3) is 0.125. The number of fused-ring (bicyclic) bond motifs is 3. The Morgan fingerprint density at radius 2 is 1.76 bits per heavy atom. The fourth-order valence-corrected chi connectivity index (χ4v) is 2.25. The summed E-state index contributed by atoms with van der Waals surface area (Å²) in [4.78, 5) is 32.3. The summed E-state index contributed by atoms with van der Waals surface area (Å²) in [5, 5.41) is 2.14. The van der Waals surface area contributed by atoms with E-state index >= 15 is 0 Å². The molecule has 0 aliphatic carbocycles. The molecule has 5 heteroatoms. The summed E-state index contributed by atoms with van der Waals surface area (Å²) in [5.41, 5.74) is 0.603. The van der Waals surface area contributed by atoms with E-state index in [0.29, 0.717) is 22.3 Å². The molecule has 0 N–H and O–H groups in total. The zero-order valence-corrected chi connectivity index (χ0v) is 11.5. The summed E-state index contributed by atoms with van der Waals surface area (Å²) >= 11 is 0. The Balaban J connectivity index is 2.27. The van der Waals surface area contributed by atoms with Gasteiger partial charge in [-0.25, -0.2) is 9.59 Å². The van der Waals surface area contributed by atoms with Gasteiger partial charge in [0.15, 0.2) is 5.75 Å². The number of hydrogen-bond donors (Lipinski definition) is 0. The highest BCUT2D eigenvalue weighted by atomic mass is 17.2. The monoisotopic (exact) mass is 284 g/mol. The van der Waals surface area contributed by atoms with Crippen molar-refractivity contribution in [3.8, 4) is 5.75 Å². The SMILES string of the molecule is CC(=O)OOc1ccc2c(oc(=O)c3ccccc32)c1C. The number of benzene rings is 2. The highest BCUT2D eigenvalue weighted by molar-refractivity contribution is 6.05. The largest absolute Gasteiger partial charge is 0.422 e. The maximum absolute atomic E-state index is 12.0. The van der Waals surface area contributed by atoms with E-state index in [0.717, 1.165) is 10.8 Å². The molecule has 3 aromatic rings. The molecule has 5 nitrogen and oxygen atoms in total. The third-order valence-electron chi connectivity index (χ3n) is 3.24. The molecule has 2 aromatic carbocycles. The minimum absolute atomic E-state index is 0.330. The van der Waals surface area contributed by atoms with Gasteiger partial charge in [-0.2, -0.15) is 0 Å². The third kappa shape index (κ3) is 2.23. The second-order valence-corrected chi connectivity index (χ2v) is 4.66. The van der Waals surface area contributed by atoms with Crippen LogP contribution in [0.2, 0.25) is 0 Å². The molecule has 0 fully saturated rings. The average Bonchev–Trinajstić information content (AvgIpc) is 2.47. The van der Waals surface area contributed by atoms with Crippen LogP contribution in [0.5, 0.6) is 5.75 Å².